The quantitative estimate of drug-likeness (QED) is 0.297. The number of likely N-dealkylation sites (N-methyl/N-ethyl adjacent to an activating group) is 1. The number of fused-ring (bicyclic) bond motifs is 1. The molecule has 0 radical (unpaired) electrons. The maximum Gasteiger partial charge on any atom is 0.263 e. The maximum atomic E-state index is 13.0. The van der Waals surface area contributed by atoms with Gasteiger partial charge in [0.25, 0.3) is 11.8 Å². The van der Waals surface area contributed by atoms with Crippen LogP contribution in [0.5, 0.6) is 17.2 Å². The van der Waals surface area contributed by atoms with Crippen LogP contribution in [0.4, 0.5) is 5.13 Å². The zero-order valence-corrected chi connectivity index (χ0v) is 21.2. The predicted octanol–water partition coefficient (Wildman–Crippen LogP) is 5.34. The highest BCUT2D eigenvalue weighted by molar-refractivity contribution is 7.13. The summed E-state index contributed by atoms with van der Waals surface area (Å²) >= 11 is 1.32. The number of aromatic amines is 1. The first kappa shape index (κ1) is 23.7. The van der Waals surface area contributed by atoms with Crippen molar-refractivity contribution in [1.82, 2.24) is 19.9 Å². The molecule has 10 heteroatoms. The Labute approximate surface area is 222 Å². The number of anilines is 1. The Morgan fingerprint density at radius 3 is 2.63 bits per heavy atom. The molecule has 5 aromatic rings. The molecule has 3 heterocycles. The molecule has 1 aliphatic heterocycles. The van der Waals surface area contributed by atoms with Crippen LogP contribution >= 0.6 is 11.3 Å². The minimum absolute atomic E-state index is 0.0914. The lowest BCUT2D eigenvalue weighted by Crippen LogP contribution is -2.29. The zero-order valence-electron chi connectivity index (χ0n) is 20.4. The minimum Gasteiger partial charge on any atom is -0.480 e. The molecule has 0 spiro atoms. The van der Waals surface area contributed by atoms with Gasteiger partial charge >= 0.3 is 0 Å². The third-order valence-corrected chi connectivity index (χ3v) is 6.89. The van der Waals surface area contributed by atoms with E-state index in [2.05, 4.69) is 20.3 Å². The van der Waals surface area contributed by atoms with Crippen molar-refractivity contribution in [3.8, 4) is 28.6 Å². The number of aromatic nitrogens is 3. The number of thiazole rings is 1. The summed E-state index contributed by atoms with van der Waals surface area (Å²) in [6.07, 6.45) is 1.59. The largest absolute Gasteiger partial charge is 0.480 e. The topological polar surface area (TPSA) is 109 Å². The summed E-state index contributed by atoms with van der Waals surface area (Å²) in [5, 5.41) is 5.04. The fourth-order valence-electron chi connectivity index (χ4n) is 4.25. The molecule has 0 saturated carbocycles. The number of hydrogen-bond acceptors (Lipinski definition) is 7. The van der Waals surface area contributed by atoms with E-state index in [1.165, 1.54) is 11.3 Å². The van der Waals surface area contributed by atoms with Crippen molar-refractivity contribution in [3.63, 3.8) is 0 Å². The highest BCUT2D eigenvalue weighted by Gasteiger charge is 2.31. The number of H-pyrrole nitrogens is 1. The smallest absolute Gasteiger partial charge is 0.263 e. The Kier molecular flexibility index (Phi) is 6.22. The summed E-state index contributed by atoms with van der Waals surface area (Å²) < 4.78 is 12.1. The fraction of sp³-hybridized carbons (Fsp3) is 0.143. The summed E-state index contributed by atoms with van der Waals surface area (Å²) in [4.78, 5) is 39.0. The Bertz CT molecular complexity index is 1580. The monoisotopic (exact) mass is 525 g/mol. The first-order valence-electron chi connectivity index (χ1n) is 12.0. The van der Waals surface area contributed by atoms with Gasteiger partial charge < -0.3 is 19.4 Å². The summed E-state index contributed by atoms with van der Waals surface area (Å²) in [5.41, 5.74) is 3.11. The Hall–Kier alpha value is -4.70. The molecule has 2 N–H and O–H groups in total. The molecule has 0 bridgehead atoms. The Morgan fingerprint density at radius 1 is 1.08 bits per heavy atom. The summed E-state index contributed by atoms with van der Waals surface area (Å²) in [6.45, 7) is 0.620. The van der Waals surface area contributed by atoms with Crippen LogP contribution in [0.25, 0.3) is 22.4 Å². The van der Waals surface area contributed by atoms with E-state index in [9.17, 15) is 9.59 Å². The van der Waals surface area contributed by atoms with E-state index in [-0.39, 0.29) is 11.8 Å². The number of ether oxygens (including phenoxy) is 2. The minimum atomic E-state index is -0.604. The highest BCUT2D eigenvalue weighted by atomic mass is 32.1. The van der Waals surface area contributed by atoms with Crippen LogP contribution in [0.15, 0.2) is 78.3 Å². The first-order valence-corrected chi connectivity index (χ1v) is 12.9. The van der Waals surface area contributed by atoms with Crippen LogP contribution in [0.2, 0.25) is 0 Å². The number of carbonyl (C=O) groups excluding carboxylic acids is 2. The molecular weight excluding hydrogens is 502 g/mol. The van der Waals surface area contributed by atoms with E-state index in [1.54, 1.807) is 41.7 Å². The second-order valence-corrected chi connectivity index (χ2v) is 9.76. The van der Waals surface area contributed by atoms with Gasteiger partial charge in [-0.15, -0.1) is 11.3 Å². The summed E-state index contributed by atoms with van der Waals surface area (Å²) in [7, 11) is 1.74. The molecule has 6 rings (SSSR count). The maximum absolute atomic E-state index is 13.0. The van der Waals surface area contributed by atoms with Gasteiger partial charge in [-0.05, 0) is 48.5 Å². The molecule has 2 aromatic heterocycles. The average Bonchev–Trinajstić information content (AvgIpc) is 3.67. The van der Waals surface area contributed by atoms with Gasteiger partial charge in [0.2, 0.25) is 0 Å². The van der Waals surface area contributed by atoms with Crippen LogP contribution < -0.4 is 14.8 Å². The number of nitrogens with one attached hydrogen (secondary N) is 2. The van der Waals surface area contributed by atoms with Gasteiger partial charge in [0, 0.05) is 48.8 Å². The Balaban J connectivity index is 1.25. The van der Waals surface area contributed by atoms with Crippen LogP contribution in [0.3, 0.4) is 0 Å². The van der Waals surface area contributed by atoms with E-state index in [4.69, 9.17) is 9.47 Å². The fourth-order valence-corrected chi connectivity index (χ4v) is 4.78. The van der Waals surface area contributed by atoms with E-state index in [0.717, 1.165) is 22.4 Å². The molecule has 2 amide bonds. The molecule has 1 saturated heterocycles. The molecule has 38 heavy (non-hydrogen) atoms. The van der Waals surface area contributed by atoms with Crippen molar-refractivity contribution >= 4 is 39.3 Å². The van der Waals surface area contributed by atoms with E-state index >= 15 is 0 Å². The lowest BCUT2D eigenvalue weighted by atomic mass is 10.1. The van der Waals surface area contributed by atoms with Crippen molar-refractivity contribution in [3.05, 3.63) is 83.9 Å². The van der Waals surface area contributed by atoms with E-state index < -0.39 is 6.10 Å². The molecule has 190 valence electrons. The van der Waals surface area contributed by atoms with Crippen LogP contribution in [-0.2, 0) is 4.79 Å². The van der Waals surface area contributed by atoms with Gasteiger partial charge in [0.1, 0.15) is 23.1 Å². The van der Waals surface area contributed by atoms with Gasteiger partial charge in [-0.2, -0.15) is 0 Å². The second-order valence-electron chi connectivity index (χ2n) is 8.87. The number of rotatable bonds is 7. The number of hydrogen-bond donors (Lipinski definition) is 2. The molecule has 9 nitrogen and oxygen atoms in total. The summed E-state index contributed by atoms with van der Waals surface area (Å²) in [5.74, 6) is 1.67. The van der Waals surface area contributed by atoms with E-state index in [1.807, 2.05) is 48.5 Å². The van der Waals surface area contributed by atoms with Gasteiger partial charge in [-0.3, -0.25) is 14.9 Å². The third-order valence-electron chi connectivity index (χ3n) is 6.20. The predicted molar refractivity (Wildman–Crippen MR) is 145 cm³/mol. The second kappa shape index (κ2) is 9.98. The normalized spacial score (nSPS) is 15.1. The van der Waals surface area contributed by atoms with Crippen molar-refractivity contribution in [2.45, 2.75) is 12.5 Å². The van der Waals surface area contributed by atoms with Gasteiger partial charge in [0.05, 0.1) is 11.0 Å². The molecule has 1 aliphatic rings. The molecule has 1 fully saturated rings. The van der Waals surface area contributed by atoms with Crippen molar-refractivity contribution < 1.29 is 19.1 Å². The highest BCUT2D eigenvalue weighted by Crippen LogP contribution is 2.31. The summed E-state index contributed by atoms with van der Waals surface area (Å²) in [6, 6.07) is 20.3. The van der Waals surface area contributed by atoms with Crippen molar-refractivity contribution in [1.29, 1.82) is 0 Å². The van der Waals surface area contributed by atoms with Gasteiger partial charge in [-0.1, -0.05) is 12.1 Å². The first-order chi connectivity index (χ1) is 18.5. The van der Waals surface area contributed by atoms with Crippen molar-refractivity contribution in [2.75, 3.05) is 18.9 Å². The zero-order chi connectivity index (χ0) is 26.1. The third kappa shape index (κ3) is 4.94. The molecule has 1 unspecified atom stereocenters. The molecular formula is C28H23N5O4S. The number of imidazole rings is 1. The van der Waals surface area contributed by atoms with E-state index in [0.29, 0.717) is 40.9 Å². The standard InChI is InChI=1S/C28H23N5O4S/c1-33-12-10-24(27(33)35)37-21-15-18(26(34)32-28-29-11-13-38-28)14-20(16-21)36-19-8-6-17(7-9-19)25-30-22-4-2-3-5-23(22)31-25/h2-9,11,13-16,24H,10,12H2,1H3,(H,30,31)(H,29,32,34). The number of amides is 2. The van der Waals surface area contributed by atoms with Crippen LogP contribution in [0.1, 0.15) is 16.8 Å². The SMILES string of the molecule is CN1CCC(Oc2cc(Oc3ccc(-c4nc5ccccc5[nH]4)cc3)cc(C(=O)Nc3nccs3)c2)C1=O. The molecule has 1 atom stereocenters. The number of carbonyl (C=O) groups is 2. The number of likely N-dealkylation sites (tertiary alicyclic amines) is 1. The van der Waals surface area contributed by atoms with Gasteiger partial charge in [-0.25, -0.2) is 9.97 Å². The number of para-hydroxylation sites is 2. The van der Waals surface area contributed by atoms with Crippen LogP contribution in [-0.4, -0.2) is 51.4 Å². The molecule has 0 aliphatic carbocycles. The van der Waals surface area contributed by atoms with Crippen molar-refractivity contribution in [2.24, 2.45) is 0 Å². The van der Waals surface area contributed by atoms with Gasteiger partial charge in [0.15, 0.2) is 11.2 Å². The van der Waals surface area contributed by atoms with Crippen LogP contribution in [0, 0.1) is 0 Å². The molecule has 3 aromatic carbocycles. The Morgan fingerprint density at radius 2 is 1.89 bits per heavy atom. The average molecular weight is 526 g/mol. The number of benzene rings is 3. The number of nitrogens with zero attached hydrogens (tertiary/aromatic N) is 3. The lowest BCUT2D eigenvalue weighted by molar-refractivity contribution is -0.132. The lowest BCUT2D eigenvalue weighted by Gasteiger charge is -2.15.